The number of aliphatic carboxylic acids is 2. The number of benzene rings is 2. The molecule has 0 aliphatic carbocycles. The number of carbonyl (C=O) groups is 2. The molecule has 128 valence electrons. The molecule has 2 aromatic carbocycles. The molecule has 2 aromatic rings. The van der Waals surface area contributed by atoms with Crippen molar-refractivity contribution in [3.8, 4) is 0 Å². The molecule has 0 aliphatic rings. The fraction of sp³-hybridized carbons (Fsp3) is 0.176. The Hall–Kier alpha value is -2.08. The lowest BCUT2D eigenvalue weighted by Gasteiger charge is -2.07. The fourth-order valence-electron chi connectivity index (χ4n) is 1.77. The van der Waals surface area contributed by atoms with E-state index in [1.165, 1.54) is 5.56 Å². The molecule has 0 spiro atoms. The van der Waals surface area contributed by atoms with Crippen LogP contribution in [0.3, 0.4) is 0 Å². The van der Waals surface area contributed by atoms with Crippen LogP contribution in [-0.2, 0) is 22.6 Å². The maximum atomic E-state index is 9.10. The molecule has 3 N–H and O–H groups in total. The van der Waals surface area contributed by atoms with E-state index in [0.29, 0.717) is 5.02 Å². The summed E-state index contributed by atoms with van der Waals surface area (Å²) in [5.74, 6) is -3.65. The molecular weight excluding hydrogens is 353 g/mol. The van der Waals surface area contributed by atoms with E-state index in [1.807, 2.05) is 18.2 Å². The molecule has 24 heavy (non-hydrogen) atoms. The van der Waals surface area contributed by atoms with Crippen molar-refractivity contribution < 1.29 is 19.8 Å². The van der Waals surface area contributed by atoms with Gasteiger partial charge in [0, 0.05) is 16.6 Å². The lowest BCUT2D eigenvalue weighted by Crippen LogP contribution is -2.16. The Morgan fingerprint density at radius 3 is 2.12 bits per heavy atom. The first-order chi connectivity index (χ1) is 11.4. The predicted molar refractivity (Wildman–Crippen MR) is 93.6 cm³/mol. The smallest absolute Gasteiger partial charge is 0.414 e. The summed E-state index contributed by atoms with van der Waals surface area (Å²) in [6, 6.07) is 16.0. The van der Waals surface area contributed by atoms with Gasteiger partial charge in [0.25, 0.3) is 0 Å². The monoisotopic (exact) mass is 369 g/mol. The van der Waals surface area contributed by atoms with Gasteiger partial charge in [0.2, 0.25) is 0 Å². The SMILES string of the molecule is Clc1ccc(CNCCc2ccccc2)c(Cl)c1.O=C(O)C(=O)O. The first-order valence-corrected chi connectivity index (χ1v) is 7.80. The molecule has 7 heteroatoms. The van der Waals surface area contributed by atoms with Crippen LogP contribution in [0.25, 0.3) is 0 Å². The van der Waals surface area contributed by atoms with Gasteiger partial charge in [0.05, 0.1) is 0 Å². The van der Waals surface area contributed by atoms with Gasteiger partial charge in [-0.2, -0.15) is 0 Å². The standard InChI is InChI=1S/C15H15Cl2N.C2H2O4/c16-14-7-6-13(15(17)10-14)11-18-9-8-12-4-2-1-3-5-12;3-1(4)2(5)6/h1-7,10,18H,8-9,11H2;(H,3,4)(H,5,6). The second-order valence-corrected chi connectivity index (χ2v) is 5.60. The molecule has 0 radical (unpaired) electrons. The normalized spacial score (nSPS) is 9.75. The fourth-order valence-corrected chi connectivity index (χ4v) is 2.24. The zero-order valence-corrected chi connectivity index (χ0v) is 14.2. The van der Waals surface area contributed by atoms with E-state index in [9.17, 15) is 0 Å². The first-order valence-electron chi connectivity index (χ1n) is 7.05. The highest BCUT2D eigenvalue weighted by Crippen LogP contribution is 2.20. The van der Waals surface area contributed by atoms with Crippen LogP contribution in [0.4, 0.5) is 0 Å². The third-order valence-corrected chi connectivity index (χ3v) is 3.53. The quantitative estimate of drug-likeness (QED) is 0.554. The number of halogens is 2. The van der Waals surface area contributed by atoms with Gasteiger partial charge >= 0.3 is 11.9 Å². The Kier molecular flexibility index (Phi) is 8.86. The number of hydrogen-bond acceptors (Lipinski definition) is 3. The molecule has 0 aliphatic heterocycles. The summed E-state index contributed by atoms with van der Waals surface area (Å²) in [7, 11) is 0. The molecule has 0 atom stereocenters. The second-order valence-electron chi connectivity index (χ2n) is 4.76. The van der Waals surface area contributed by atoms with Crippen molar-refractivity contribution >= 4 is 35.1 Å². The minimum atomic E-state index is -1.82. The first kappa shape index (κ1) is 20.0. The van der Waals surface area contributed by atoms with Gasteiger partial charge in [-0.1, -0.05) is 59.6 Å². The summed E-state index contributed by atoms with van der Waals surface area (Å²) in [6.45, 7) is 1.70. The van der Waals surface area contributed by atoms with Crippen molar-refractivity contribution in [1.82, 2.24) is 5.32 Å². The second kappa shape index (κ2) is 10.6. The number of nitrogens with one attached hydrogen (secondary N) is 1. The van der Waals surface area contributed by atoms with Gasteiger partial charge in [0.1, 0.15) is 0 Å². The largest absolute Gasteiger partial charge is 0.473 e. The molecule has 0 saturated carbocycles. The highest BCUT2D eigenvalue weighted by atomic mass is 35.5. The zero-order valence-electron chi connectivity index (χ0n) is 12.7. The molecule has 5 nitrogen and oxygen atoms in total. The van der Waals surface area contributed by atoms with Crippen molar-refractivity contribution in [3.63, 3.8) is 0 Å². The third-order valence-electron chi connectivity index (χ3n) is 2.95. The molecule has 2 rings (SSSR count). The number of rotatable bonds is 5. The van der Waals surface area contributed by atoms with Crippen LogP contribution in [0.2, 0.25) is 10.0 Å². The van der Waals surface area contributed by atoms with Crippen molar-refractivity contribution in [2.75, 3.05) is 6.54 Å². The maximum absolute atomic E-state index is 9.10. The van der Waals surface area contributed by atoms with Crippen LogP contribution in [0.5, 0.6) is 0 Å². The van der Waals surface area contributed by atoms with E-state index in [2.05, 4.69) is 29.6 Å². The van der Waals surface area contributed by atoms with Gasteiger partial charge in [-0.25, -0.2) is 9.59 Å². The van der Waals surface area contributed by atoms with Gasteiger partial charge in [0.15, 0.2) is 0 Å². The number of hydrogen-bond donors (Lipinski definition) is 3. The third kappa shape index (κ3) is 7.97. The Morgan fingerprint density at radius 1 is 0.958 bits per heavy atom. The van der Waals surface area contributed by atoms with Crippen molar-refractivity contribution in [2.45, 2.75) is 13.0 Å². The van der Waals surface area contributed by atoms with Crippen LogP contribution >= 0.6 is 23.2 Å². The predicted octanol–water partition coefficient (Wildman–Crippen LogP) is 3.48. The molecule has 0 saturated heterocycles. The van der Waals surface area contributed by atoms with Crippen LogP contribution in [-0.4, -0.2) is 28.7 Å². The van der Waals surface area contributed by atoms with Gasteiger partial charge in [-0.15, -0.1) is 0 Å². The lowest BCUT2D eigenvalue weighted by atomic mass is 10.1. The summed E-state index contributed by atoms with van der Waals surface area (Å²) in [5, 5.41) is 19.6. The zero-order chi connectivity index (χ0) is 17.9. The Morgan fingerprint density at radius 2 is 1.58 bits per heavy atom. The Balaban J connectivity index is 0.000000413. The molecule has 0 unspecified atom stereocenters. The summed E-state index contributed by atoms with van der Waals surface area (Å²) >= 11 is 12.0. The van der Waals surface area contributed by atoms with Crippen molar-refractivity contribution in [3.05, 3.63) is 69.7 Å². The Labute approximate surface area is 149 Å². The van der Waals surface area contributed by atoms with Crippen LogP contribution in [0.15, 0.2) is 48.5 Å². The Bertz CT molecular complexity index is 666. The van der Waals surface area contributed by atoms with E-state index in [-0.39, 0.29) is 0 Å². The van der Waals surface area contributed by atoms with E-state index >= 15 is 0 Å². The molecule has 0 heterocycles. The van der Waals surface area contributed by atoms with Crippen molar-refractivity contribution in [2.24, 2.45) is 0 Å². The number of carboxylic acids is 2. The van der Waals surface area contributed by atoms with Gasteiger partial charge in [-0.05, 0) is 36.2 Å². The van der Waals surface area contributed by atoms with E-state index in [4.69, 9.17) is 43.0 Å². The van der Waals surface area contributed by atoms with Crippen molar-refractivity contribution in [1.29, 1.82) is 0 Å². The summed E-state index contributed by atoms with van der Waals surface area (Å²) in [5.41, 5.74) is 2.42. The lowest BCUT2D eigenvalue weighted by molar-refractivity contribution is -0.159. The molecule has 0 fully saturated rings. The highest BCUT2D eigenvalue weighted by Gasteiger charge is 2.04. The molecule has 0 amide bonds. The topological polar surface area (TPSA) is 86.6 Å². The minimum Gasteiger partial charge on any atom is -0.473 e. The van der Waals surface area contributed by atoms with E-state index in [0.717, 1.165) is 30.1 Å². The average molecular weight is 370 g/mol. The molecule has 0 aromatic heterocycles. The van der Waals surface area contributed by atoms with Crippen LogP contribution in [0, 0.1) is 0 Å². The summed E-state index contributed by atoms with van der Waals surface area (Å²) in [4.78, 5) is 18.2. The van der Waals surface area contributed by atoms with E-state index < -0.39 is 11.9 Å². The molecular formula is C17H17Cl2NO4. The van der Waals surface area contributed by atoms with Crippen LogP contribution < -0.4 is 5.32 Å². The maximum Gasteiger partial charge on any atom is 0.414 e. The highest BCUT2D eigenvalue weighted by molar-refractivity contribution is 6.35. The van der Waals surface area contributed by atoms with Crippen LogP contribution in [0.1, 0.15) is 11.1 Å². The average Bonchev–Trinajstić information content (AvgIpc) is 2.54. The number of carboxylic acid groups (broad SMARTS) is 2. The van der Waals surface area contributed by atoms with Gasteiger partial charge < -0.3 is 15.5 Å². The summed E-state index contributed by atoms with van der Waals surface area (Å²) < 4.78 is 0. The van der Waals surface area contributed by atoms with Gasteiger partial charge in [-0.3, -0.25) is 0 Å². The minimum absolute atomic E-state index is 0.674. The summed E-state index contributed by atoms with van der Waals surface area (Å²) in [6.07, 6.45) is 1.02. The van der Waals surface area contributed by atoms with E-state index in [1.54, 1.807) is 6.07 Å². The molecule has 0 bridgehead atoms.